The fraction of sp³-hybridized carbons (Fsp3) is 0.0714. The Hall–Kier alpha value is -3.29. The standard InChI is InChI=1S/C14H10N2O6/c1-9(17)22-14-12(15(18)19)7-11(8-13(14)16(20)21)10-5-3-2-4-6-10/h2-8H,1H3. The molecular weight excluding hydrogens is 292 g/mol. The number of hydrogen-bond acceptors (Lipinski definition) is 6. The first-order valence-electron chi connectivity index (χ1n) is 6.11. The van der Waals surface area contributed by atoms with E-state index in [4.69, 9.17) is 0 Å². The van der Waals surface area contributed by atoms with Crippen molar-refractivity contribution in [3.05, 3.63) is 62.7 Å². The Morgan fingerprint density at radius 2 is 1.45 bits per heavy atom. The number of hydrogen-bond donors (Lipinski definition) is 0. The molecule has 0 aliphatic rings. The Bertz CT molecular complexity index is 722. The van der Waals surface area contributed by atoms with Gasteiger partial charge in [0.15, 0.2) is 0 Å². The first kappa shape index (κ1) is 15.1. The molecule has 2 rings (SSSR count). The highest BCUT2D eigenvalue weighted by Gasteiger charge is 2.30. The van der Waals surface area contributed by atoms with Gasteiger partial charge in [-0.1, -0.05) is 30.3 Å². The molecule has 2 aromatic carbocycles. The molecule has 0 atom stereocenters. The molecule has 0 aliphatic carbocycles. The molecule has 2 aromatic rings. The Morgan fingerprint density at radius 3 is 1.86 bits per heavy atom. The summed E-state index contributed by atoms with van der Waals surface area (Å²) in [5.74, 6) is -1.54. The Kier molecular flexibility index (Phi) is 4.12. The van der Waals surface area contributed by atoms with Crippen LogP contribution in [0.25, 0.3) is 11.1 Å². The van der Waals surface area contributed by atoms with Gasteiger partial charge in [0, 0.05) is 19.1 Å². The number of benzene rings is 2. The van der Waals surface area contributed by atoms with Crippen molar-refractivity contribution in [3.63, 3.8) is 0 Å². The highest BCUT2D eigenvalue weighted by atomic mass is 16.6. The van der Waals surface area contributed by atoms with Crippen molar-refractivity contribution in [2.24, 2.45) is 0 Å². The number of ether oxygens (including phenoxy) is 1. The molecule has 0 heterocycles. The van der Waals surface area contributed by atoms with Crippen LogP contribution in [0.15, 0.2) is 42.5 Å². The Morgan fingerprint density at radius 1 is 0.955 bits per heavy atom. The van der Waals surface area contributed by atoms with Gasteiger partial charge in [-0.15, -0.1) is 0 Å². The number of rotatable bonds is 4. The molecule has 8 heteroatoms. The zero-order valence-electron chi connectivity index (χ0n) is 11.4. The van der Waals surface area contributed by atoms with Crippen LogP contribution < -0.4 is 4.74 Å². The number of carbonyl (C=O) groups excluding carboxylic acids is 1. The van der Waals surface area contributed by atoms with Crippen molar-refractivity contribution >= 4 is 17.3 Å². The number of esters is 1. The highest BCUT2D eigenvalue weighted by molar-refractivity contribution is 5.79. The zero-order valence-corrected chi connectivity index (χ0v) is 11.4. The molecule has 0 amide bonds. The highest BCUT2D eigenvalue weighted by Crippen LogP contribution is 2.40. The molecule has 0 aromatic heterocycles. The Labute approximate surface area is 124 Å². The lowest BCUT2D eigenvalue weighted by Crippen LogP contribution is -2.07. The SMILES string of the molecule is CC(=O)Oc1c([N+](=O)[O-])cc(-c2ccccc2)cc1[N+](=O)[O-]. The van der Waals surface area contributed by atoms with Crippen LogP contribution in [0.1, 0.15) is 6.92 Å². The van der Waals surface area contributed by atoms with Crippen molar-refractivity contribution < 1.29 is 19.4 Å². The van der Waals surface area contributed by atoms with E-state index in [9.17, 15) is 25.0 Å². The maximum Gasteiger partial charge on any atom is 0.319 e. The molecule has 0 spiro atoms. The van der Waals surface area contributed by atoms with E-state index in [0.29, 0.717) is 5.56 Å². The fourth-order valence-corrected chi connectivity index (χ4v) is 1.92. The average Bonchev–Trinajstić information content (AvgIpc) is 2.47. The molecule has 0 fully saturated rings. The van der Waals surface area contributed by atoms with Crippen LogP contribution in [0.2, 0.25) is 0 Å². The molecule has 0 bridgehead atoms. The monoisotopic (exact) mass is 302 g/mol. The van der Waals surface area contributed by atoms with E-state index < -0.39 is 32.9 Å². The summed E-state index contributed by atoms with van der Waals surface area (Å²) in [6.45, 7) is 1.01. The van der Waals surface area contributed by atoms with Gasteiger partial charge < -0.3 is 4.74 Å². The summed E-state index contributed by atoms with van der Waals surface area (Å²) in [6, 6.07) is 10.8. The Balaban J connectivity index is 2.73. The van der Waals surface area contributed by atoms with Crippen molar-refractivity contribution in [2.45, 2.75) is 6.92 Å². The molecule has 0 radical (unpaired) electrons. The second-order valence-electron chi connectivity index (χ2n) is 4.32. The van der Waals surface area contributed by atoms with Crippen molar-refractivity contribution in [1.29, 1.82) is 0 Å². The van der Waals surface area contributed by atoms with E-state index in [1.807, 2.05) is 0 Å². The van der Waals surface area contributed by atoms with Gasteiger partial charge in [0.2, 0.25) is 0 Å². The van der Waals surface area contributed by atoms with E-state index in [1.165, 1.54) is 0 Å². The summed E-state index contributed by atoms with van der Waals surface area (Å²) in [4.78, 5) is 31.7. The van der Waals surface area contributed by atoms with Gasteiger partial charge in [-0.25, -0.2) is 0 Å². The van der Waals surface area contributed by atoms with Gasteiger partial charge in [0.1, 0.15) is 0 Å². The summed E-state index contributed by atoms with van der Waals surface area (Å²) in [7, 11) is 0. The van der Waals surface area contributed by atoms with Crippen LogP contribution in [0.3, 0.4) is 0 Å². The molecule has 22 heavy (non-hydrogen) atoms. The van der Waals surface area contributed by atoms with Gasteiger partial charge in [-0.3, -0.25) is 25.0 Å². The third kappa shape index (κ3) is 3.06. The molecule has 0 aliphatic heterocycles. The summed E-state index contributed by atoms with van der Waals surface area (Å²) < 4.78 is 4.67. The maximum atomic E-state index is 11.2. The second kappa shape index (κ2) is 6.00. The zero-order chi connectivity index (χ0) is 16.3. The minimum Gasteiger partial charge on any atom is -0.412 e. The third-order valence-electron chi connectivity index (χ3n) is 2.80. The first-order chi connectivity index (χ1) is 10.4. The number of nitro benzene ring substituents is 2. The normalized spacial score (nSPS) is 10.0. The fourth-order valence-electron chi connectivity index (χ4n) is 1.92. The lowest BCUT2D eigenvalue weighted by Gasteiger charge is -2.07. The summed E-state index contributed by atoms with van der Waals surface area (Å²) >= 11 is 0. The summed E-state index contributed by atoms with van der Waals surface area (Å²) in [6.07, 6.45) is 0. The van der Waals surface area contributed by atoms with Crippen LogP contribution in [-0.4, -0.2) is 15.8 Å². The molecule has 112 valence electrons. The van der Waals surface area contributed by atoms with Gasteiger partial charge in [-0.2, -0.15) is 0 Å². The second-order valence-corrected chi connectivity index (χ2v) is 4.32. The van der Waals surface area contributed by atoms with Gasteiger partial charge in [-0.05, 0) is 11.1 Å². The lowest BCUT2D eigenvalue weighted by atomic mass is 10.0. The molecule has 0 saturated carbocycles. The largest absolute Gasteiger partial charge is 0.412 e. The van der Waals surface area contributed by atoms with Crippen LogP contribution in [-0.2, 0) is 4.79 Å². The van der Waals surface area contributed by atoms with Gasteiger partial charge in [0.05, 0.1) is 9.85 Å². The molecule has 0 N–H and O–H groups in total. The molecule has 0 unspecified atom stereocenters. The van der Waals surface area contributed by atoms with E-state index in [0.717, 1.165) is 19.1 Å². The van der Waals surface area contributed by atoms with Crippen molar-refractivity contribution in [1.82, 2.24) is 0 Å². The maximum absolute atomic E-state index is 11.2. The van der Waals surface area contributed by atoms with Crippen molar-refractivity contribution in [3.8, 4) is 16.9 Å². The third-order valence-corrected chi connectivity index (χ3v) is 2.80. The van der Waals surface area contributed by atoms with Crippen LogP contribution >= 0.6 is 0 Å². The number of nitrogens with zero attached hydrogens (tertiary/aromatic N) is 2. The summed E-state index contributed by atoms with van der Waals surface area (Å²) in [5.41, 5.74) is -0.413. The quantitative estimate of drug-likeness (QED) is 0.371. The van der Waals surface area contributed by atoms with E-state index >= 15 is 0 Å². The van der Waals surface area contributed by atoms with Crippen molar-refractivity contribution in [2.75, 3.05) is 0 Å². The van der Waals surface area contributed by atoms with E-state index in [-0.39, 0.29) is 5.56 Å². The van der Waals surface area contributed by atoms with E-state index in [1.54, 1.807) is 30.3 Å². The average molecular weight is 302 g/mol. The smallest absolute Gasteiger partial charge is 0.319 e. The van der Waals surface area contributed by atoms with Gasteiger partial charge >= 0.3 is 17.3 Å². The first-order valence-corrected chi connectivity index (χ1v) is 6.11. The van der Waals surface area contributed by atoms with Crippen LogP contribution in [0.4, 0.5) is 11.4 Å². The van der Waals surface area contributed by atoms with E-state index in [2.05, 4.69) is 4.74 Å². The molecular formula is C14H10N2O6. The molecule has 8 nitrogen and oxygen atoms in total. The minimum absolute atomic E-state index is 0.287. The summed E-state index contributed by atoms with van der Waals surface area (Å²) in [5, 5.41) is 22.3. The predicted octanol–water partition coefficient (Wildman–Crippen LogP) is 3.10. The predicted molar refractivity (Wildman–Crippen MR) is 76.5 cm³/mol. The molecule has 0 saturated heterocycles. The topological polar surface area (TPSA) is 113 Å². The van der Waals surface area contributed by atoms with Crippen LogP contribution in [0, 0.1) is 20.2 Å². The van der Waals surface area contributed by atoms with Gasteiger partial charge in [0.25, 0.3) is 5.75 Å². The lowest BCUT2D eigenvalue weighted by molar-refractivity contribution is -0.395. The minimum atomic E-state index is -0.876. The number of carbonyl (C=O) groups is 1. The van der Waals surface area contributed by atoms with Crippen LogP contribution in [0.5, 0.6) is 5.75 Å². The number of nitro groups is 2.